The SMILES string of the molecule is CCCCC[SiH](C1=[C]([Ti+3])CC=C1C(C)C)c1c(C)cc(C)cc1C.[Cl-].[Cl-].[Cl-]. The van der Waals surface area contributed by atoms with Crippen molar-refractivity contribution in [1.82, 2.24) is 0 Å². The Morgan fingerprint density at radius 2 is 1.56 bits per heavy atom. The molecule has 0 aromatic heterocycles. The number of unbranched alkanes of at least 4 members (excludes halogenated alkanes) is 2. The van der Waals surface area contributed by atoms with E-state index >= 15 is 0 Å². The molecule has 0 spiro atoms. The van der Waals surface area contributed by atoms with Crippen LogP contribution in [0.5, 0.6) is 0 Å². The van der Waals surface area contributed by atoms with Gasteiger partial charge in [0, 0.05) is 0 Å². The Morgan fingerprint density at radius 1 is 1.00 bits per heavy atom. The summed E-state index contributed by atoms with van der Waals surface area (Å²) in [6.45, 7) is 14.0. The van der Waals surface area contributed by atoms with Crippen molar-refractivity contribution >= 4 is 14.0 Å². The molecule has 0 amide bonds. The molecule has 0 heterocycles. The quantitative estimate of drug-likeness (QED) is 0.282. The van der Waals surface area contributed by atoms with Gasteiger partial charge in [-0.3, -0.25) is 0 Å². The summed E-state index contributed by atoms with van der Waals surface area (Å²) in [5.41, 5.74) is 6.15. The monoisotopic (exact) mass is 478 g/mol. The first-order chi connectivity index (χ1) is 11.4. The molecule has 0 nitrogen and oxygen atoms in total. The molecule has 150 valence electrons. The Bertz CT molecular complexity index is 643. The summed E-state index contributed by atoms with van der Waals surface area (Å²) in [4.78, 5) is 0. The van der Waals surface area contributed by atoms with Gasteiger partial charge in [-0.05, 0) is 0 Å². The second-order valence-corrected chi connectivity index (χ2v) is 11.6. The number of hydrogen-bond acceptors (Lipinski definition) is 0. The topological polar surface area (TPSA) is 0 Å². The molecule has 2 rings (SSSR count). The van der Waals surface area contributed by atoms with Crippen molar-refractivity contribution in [2.24, 2.45) is 5.92 Å². The van der Waals surface area contributed by atoms with Gasteiger partial charge in [-0.15, -0.1) is 0 Å². The third-order valence-electron chi connectivity index (χ3n) is 5.32. The van der Waals surface area contributed by atoms with Crippen LogP contribution < -0.4 is 42.4 Å². The molecule has 1 aliphatic carbocycles. The molecule has 0 aliphatic heterocycles. The Kier molecular flexibility index (Phi) is 15.0. The number of allylic oxidation sites excluding steroid dienone is 4. The zero-order valence-electron chi connectivity index (χ0n) is 17.6. The summed E-state index contributed by atoms with van der Waals surface area (Å²) in [6, 6.07) is 6.24. The van der Waals surface area contributed by atoms with Gasteiger partial charge in [-0.1, -0.05) is 0 Å². The molecule has 1 unspecified atom stereocenters. The van der Waals surface area contributed by atoms with Crippen LogP contribution in [0, 0.1) is 26.7 Å². The summed E-state index contributed by atoms with van der Waals surface area (Å²) in [5, 5.41) is 3.54. The van der Waals surface area contributed by atoms with E-state index in [1.165, 1.54) is 48.4 Å². The zero-order valence-corrected chi connectivity index (χ0v) is 22.5. The van der Waals surface area contributed by atoms with Crippen LogP contribution in [0.15, 0.2) is 32.9 Å². The first-order valence-corrected chi connectivity index (χ1v) is 12.3. The fourth-order valence-corrected chi connectivity index (χ4v) is 9.76. The molecule has 1 aliphatic rings. The van der Waals surface area contributed by atoms with Crippen molar-refractivity contribution in [2.75, 3.05) is 0 Å². The third kappa shape index (κ3) is 7.36. The number of hydrogen-bond donors (Lipinski definition) is 0. The molecular formula is C22H33Cl3SiTi. The van der Waals surface area contributed by atoms with Crippen LogP contribution in [-0.4, -0.2) is 8.80 Å². The molecule has 0 fully saturated rings. The van der Waals surface area contributed by atoms with E-state index in [9.17, 15) is 0 Å². The van der Waals surface area contributed by atoms with Crippen molar-refractivity contribution in [3.05, 3.63) is 49.5 Å². The van der Waals surface area contributed by atoms with Gasteiger partial charge in [-0.2, -0.15) is 0 Å². The van der Waals surface area contributed by atoms with Gasteiger partial charge in [-0.25, -0.2) is 0 Å². The van der Waals surface area contributed by atoms with Gasteiger partial charge < -0.3 is 37.2 Å². The Balaban J connectivity index is 0. The minimum atomic E-state index is -1.14. The van der Waals surface area contributed by atoms with Gasteiger partial charge >= 0.3 is 163 Å². The Labute approximate surface area is 199 Å². The van der Waals surface area contributed by atoms with Gasteiger partial charge in [0.1, 0.15) is 0 Å². The summed E-state index contributed by atoms with van der Waals surface area (Å²) >= 11 is 2.39. The standard InChI is InChI=1S/C22H33Si.3ClH.Ti/c1-7-8-9-13-23(21-12-10-11-20(21)16(2)3)22-18(5)14-17(4)15-19(22)6;;;;/h11,14-16,23H,7-10,13H2,1-6H3;3*1H;/q;;;;+3/p-3. The molecule has 1 aromatic carbocycles. The van der Waals surface area contributed by atoms with E-state index in [0.29, 0.717) is 5.92 Å². The van der Waals surface area contributed by atoms with E-state index in [-0.39, 0.29) is 37.2 Å². The van der Waals surface area contributed by atoms with Gasteiger partial charge in [0.25, 0.3) is 0 Å². The molecule has 0 bridgehead atoms. The largest absolute Gasteiger partial charge is 1.00 e. The summed E-state index contributed by atoms with van der Waals surface area (Å²) in [7, 11) is -1.14. The molecule has 1 aromatic rings. The maximum absolute atomic E-state index is 2.52. The van der Waals surface area contributed by atoms with Crippen molar-refractivity contribution < 1.29 is 57.7 Å². The van der Waals surface area contributed by atoms with Crippen LogP contribution in [0.25, 0.3) is 0 Å². The van der Waals surface area contributed by atoms with Crippen molar-refractivity contribution in [1.29, 1.82) is 0 Å². The van der Waals surface area contributed by atoms with Gasteiger partial charge in [0.2, 0.25) is 0 Å². The van der Waals surface area contributed by atoms with E-state index in [2.05, 4.69) is 80.2 Å². The maximum Gasteiger partial charge on any atom is -1.00 e. The van der Waals surface area contributed by atoms with Crippen molar-refractivity contribution in [3.8, 4) is 0 Å². The molecule has 0 saturated heterocycles. The van der Waals surface area contributed by atoms with E-state index in [0.717, 1.165) is 0 Å². The zero-order chi connectivity index (χ0) is 17.9. The molecule has 0 saturated carbocycles. The minimum Gasteiger partial charge on any atom is -1.00 e. The molecule has 27 heavy (non-hydrogen) atoms. The summed E-state index contributed by atoms with van der Waals surface area (Å²) < 4.78 is 1.66. The Hall–Kier alpha value is 0.501. The van der Waals surface area contributed by atoms with Gasteiger partial charge in [0.15, 0.2) is 0 Å². The number of benzene rings is 1. The number of aryl methyl sites for hydroxylation is 3. The molecular weight excluding hydrogens is 447 g/mol. The smallest absolute Gasteiger partial charge is 1.00 e. The summed E-state index contributed by atoms with van der Waals surface area (Å²) in [5.74, 6) is 0.657. The van der Waals surface area contributed by atoms with E-state index in [1.54, 1.807) is 19.8 Å². The van der Waals surface area contributed by atoms with Crippen molar-refractivity contribution in [3.63, 3.8) is 0 Å². The van der Waals surface area contributed by atoms with E-state index in [4.69, 9.17) is 0 Å². The van der Waals surface area contributed by atoms with Crippen LogP contribution in [0.1, 0.15) is 63.1 Å². The minimum absolute atomic E-state index is 0. The fourth-order valence-electron chi connectivity index (χ4n) is 4.34. The maximum atomic E-state index is 2.52. The van der Waals surface area contributed by atoms with Crippen molar-refractivity contribution in [2.45, 2.75) is 73.3 Å². The van der Waals surface area contributed by atoms with E-state index < -0.39 is 8.80 Å². The van der Waals surface area contributed by atoms with Crippen LogP contribution in [0.3, 0.4) is 0 Å². The fraction of sp³-hybridized carbons (Fsp3) is 0.545. The summed E-state index contributed by atoms with van der Waals surface area (Å²) in [6.07, 6.45) is 7.79. The predicted molar refractivity (Wildman–Crippen MR) is 106 cm³/mol. The van der Waals surface area contributed by atoms with Crippen LogP contribution in [0.4, 0.5) is 0 Å². The van der Waals surface area contributed by atoms with Crippen LogP contribution >= 0.6 is 0 Å². The predicted octanol–water partition coefficient (Wildman–Crippen LogP) is -3.43. The molecule has 1 atom stereocenters. The average molecular weight is 480 g/mol. The molecule has 0 N–H and O–H groups in total. The van der Waals surface area contributed by atoms with Crippen LogP contribution in [0.2, 0.25) is 6.04 Å². The normalized spacial score (nSPS) is 14.3. The average Bonchev–Trinajstić information content (AvgIpc) is 2.86. The first-order valence-electron chi connectivity index (χ1n) is 9.59. The van der Waals surface area contributed by atoms with Gasteiger partial charge in [0.05, 0.1) is 0 Å². The third-order valence-corrected chi connectivity index (χ3v) is 10.5. The molecule has 5 heteroatoms. The first kappa shape index (κ1) is 29.7. The number of rotatable bonds is 7. The Morgan fingerprint density at radius 3 is 2.04 bits per heavy atom. The number of halogens is 3. The van der Waals surface area contributed by atoms with Crippen LogP contribution in [-0.2, 0) is 20.4 Å². The van der Waals surface area contributed by atoms with E-state index in [1.807, 2.05) is 0 Å². The second kappa shape index (κ2) is 13.7. The second-order valence-electron chi connectivity index (χ2n) is 7.77. The molecule has 0 radical (unpaired) electrons.